The summed E-state index contributed by atoms with van der Waals surface area (Å²) >= 11 is 0. The predicted octanol–water partition coefficient (Wildman–Crippen LogP) is 3.83. The highest BCUT2D eigenvalue weighted by atomic mass is 16.1. The van der Waals surface area contributed by atoms with Crippen molar-refractivity contribution in [2.75, 3.05) is 14.1 Å². The van der Waals surface area contributed by atoms with Crippen molar-refractivity contribution in [3.05, 3.63) is 83.1 Å². The van der Waals surface area contributed by atoms with Crippen LogP contribution < -0.4 is 0 Å². The fourth-order valence-electron chi connectivity index (χ4n) is 3.33. The van der Waals surface area contributed by atoms with E-state index >= 15 is 0 Å². The lowest BCUT2D eigenvalue weighted by atomic mass is 10.0. The Hall–Kier alpha value is -3.27. The fraction of sp³-hybridized carbons (Fsp3) is 0.136. The summed E-state index contributed by atoms with van der Waals surface area (Å²) in [5, 5.41) is 9.07. The van der Waals surface area contributed by atoms with Crippen LogP contribution in [0.3, 0.4) is 0 Å². The molecule has 0 saturated heterocycles. The van der Waals surface area contributed by atoms with E-state index in [1.807, 2.05) is 49.3 Å². The van der Waals surface area contributed by atoms with Gasteiger partial charge in [-0.25, -0.2) is 0 Å². The number of hydrogen-bond acceptors (Lipinski definition) is 4. The molecule has 0 radical (unpaired) electrons. The van der Waals surface area contributed by atoms with Gasteiger partial charge >= 0.3 is 0 Å². The minimum atomic E-state index is 0.583. The van der Waals surface area contributed by atoms with Gasteiger partial charge in [0.05, 0.1) is 5.71 Å². The second kappa shape index (κ2) is 6.56. The molecular weight excluding hydrogens is 322 g/mol. The molecule has 0 N–H and O–H groups in total. The molecule has 0 saturated carbocycles. The number of benzene rings is 2. The van der Waals surface area contributed by atoms with Crippen LogP contribution in [0.5, 0.6) is 0 Å². The molecule has 2 aromatic rings. The van der Waals surface area contributed by atoms with Crippen molar-refractivity contribution in [1.29, 1.82) is 0 Å². The quantitative estimate of drug-likeness (QED) is 0.537. The summed E-state index contributed by atoms with van der Waals surface area (Å²) in [6, 6.07) is 16.4. The van der Waals surface area contributed by atoms with Crippen molar-refractivity contribution in [2.24, 2.45) is 10.2 Å². The summed E-state index contributed by atoms with van der Waals surface area (Å²) < 4.78 is 0. The maximum absolute atomic E-state index is 11.4. The maximum Gasteiger partial charge on any atom is 0.151 e. The van der Waals surface area contributed by atoms with Gasteiger partial charge in [0.1, 0.15) is 5.71 Å². The van der Waals surface area contributed by atoms with Crippen molar-refractivity contribution in [1.82, 2.24) is 4.90 Å². The Labute approximate surface area is 152 Å². The summed E-state index contributed by atoms with van der Waals surface area (Å²) in [4.78, 5) is 13.4. The van der Waals surface area contributed by atoms with E-state index in [9.17, 15) is 4.79 Å². The number of carbonyl (C=O) groups is 1. The van der Waals surface area contributed by atoms with Crippen LogP contribution in [0.2, 0.25) is 0 Å². The number of carbonyl (C=O) groups excluding carboxylic acids is 1. The van der Waals surface area contributed by atoms with E-state index in [-0.39, 0.29) is 0 Å². The van der Waals surface area contributed by atoms with E-state index < -0.39 is 0 Å². The summed E-state index contributed by atoms with van der Waals surface area (Å²) in [6.45, 7) is 0. The number of allylic oxidation sites excluding steroid dienone is 4. The molecule has 0 unspecified atom stereocenters. The van der Waals surface area contributed by atoms with Crippen LogP contribution in [0, 0.1) is 0 Å². The van der Waals surface area contributed by atoms with Gasteiger partial charge in [0.25, 0.3) is 0 Å². The van der Waals surface area contributed by atoms with Gasteiger partial charge in [-0.3, -0.25) is 4.79 Å². The van der Waals surface area contributed by atoms with Crippen LogP contribution in [-0.2, 0) is 4.79 Å². The molecule has 2 aromatic carbocycles. The van der Waals surface area contributed by atoms with Gasteiger partial charge in [-0.2, -0.15) is 5.10 Å². The zero-order valence-corrected chi connectivity index (χ0v) is 14.8. The highest BCUT2D eigenvalue weighted by molar-refractivity contribution is 6.25. The average molecular weight is 341 g/mol. The molecule has 2 aliphatic rings. The number of fused-ring (bicyclic) bond motifs is 3. The molecule has 128 valence electrons. The van der Waals surface area contributed by atoms with Crippen LogP contribution in [0.25, 0.3) is 11.1 Å². The molecule has 0 bridgehead atoms. The van der Waals surface area contributed by atoms with Crippen molar-refractivity contribution in [2.45, 2.75) is 6.42 Å². The first-order valence-corrected chi connectivity index (χ1v) is 8.56. The van der Waals surface area contributed by atoms with Crippen molar-refractivity contribution in [3.8, 4) is 11.1 Å². The third-order valence-electron chi connectivity index (χ3n) is 4.76. The van der Waals surface area contributed by atoms with E-state index in [2.05, 4.69) is 34.5 Å². The van der Waals surface area contributed by atoms with E-state index in [0.29, 0.717) is 17.7 Å². The SMILES string of the molecule is CN(C)C1=CC=C(C=O)C(=NN=C2c3ccccc3-c3ccccc32)C1. The van der Waals surface area contributed by atoms with Crippen LogP contribution in [0.1, 0.15) is 17.5 Å². The van der Waals surface area contributed by atoms with Gasteiger partial charge < -0.3 is 4.90 Å². The average Bonchev–Trinajstić information content (AvgIpc) is 3.00. The summed E-state index contributed by atoms with van der Waals surface area (Å²) in [5.74, 6) is 0. The maximum atomic E-state index is 11.4. The van der Waals surface area contributed by atoms with E-state index in [1.54, 1.807) is 6.08 Å². The van der Waals surface area contributed by atoms with Crippen LogP contribution in [0.15, 0.2) is 82.2 Å². The van der Waals surface area contributed by atoms with Gasteiger partial charge in [-0.05, 0) is 23.3 Å². The normalized spacial score (nSPS) is 16.5. The second-order valence-corrected chi connectivity index (χ2v) is 6.56. The molecule has 4 nitrogen and oxygen atoms in total. The zero-order valence-electron chi connectivity index (χ0n) is 14.8. The monoisotopic (exact) mass is 341 g/mol. The molecule has 26 heavy (non-hydrogen) atoms. The molecule has 0 atom stereocenters. The molecule has 0 amide bonds. The van der Waals surface area contributed by atoms with Crippen LogP contribution >= 0.6 is 0 Å². The lowest BCUT2D eigenvalue weighted by molar-refractivity contribution is -0.104. The van der Waals surface area contributed by atoms with Crippen LogP contribution in [-0.4, -0.2) is 36.7 Å². The lowest BCUT2D eigenvalue weighted by Gasteiger charge is -2.20. The van der Waals surface area contributed by atoms with E-state index in [0.717, 1.165) is 28.8 Å². The smallest absolute Gasteiger partial charge is 0.151 e. The Morgan fingerprint density at radius 1 is 0.846 bits per heavy atom. The minimum absolute atomic E-state index is 0.583. The lowest BCUT2D eigenvalue weighted by Crippen LogP contribution is -2.19. The first-order valence-electron chi connectivity index (χ1n) is 8.56. The first kappa shape index (κ1) is 16.2. The Bertz CT molecular complexity index is 962. The number of hydrogen-bond donors (Lipinski definition) is 0. The molecule has 0 aliphatic heterocycles. The van der Waals surface area contributed by atoms with Gasteiger partial charge in [-0.15, -0.1) is 5.10 Å². The van der Waals surface area contributed by atoms with Gasteiger partial charge in [0.15, 0.2) is 6.29 Å². The Kier molecular flexibility index (Phi) is 4.09. The first-order chi connectivity index (χ1) is 12.7. The van der Waals surface area contributed by atoms with Crippen molar-refractivity contribution in [3.63, 3.8) is 0 Å². The van der Waals surface area contributed by atoms with Crippen molar-refractivity contribution >= 4 is 17.7 Å². The van der Waals surface area contributed by atoms with Crippen molar-refractivity contribution < 1.29 is 4.79 Å². The largest absolute Gasteiger partial charge is 0.381 e. The number of rotatable bonds is 3. The predicted molar refractivity (Wildman–Crippen MR) is 105 cm³/mol. The molecule has 0 heterocycles. The van der Waals surface area contributed by atoms with Gasteiger partial charge in [0, 0.05) is 42.9 Å². The number of aldehydes is 1. The summed E-state index contributed by atoms with van der Waals surface area (Å²) in [6.07, 6.45) is 5.20. The highest BCUT2D eigenvalue weighted by Gasteiger charge is 2.24. The van der Waals surface area contributed by atoms with E-state index in [4.69, 9.17) is 0 Å². The molecule has 4 rings (SSSR count). The van der Waals surface area contributed by atoms with Crippen LogP contribution in [0.4, 0.5) is 0 Å². The van der Waals surface area contributed by atoms with Gasteiger partial charge in [-0.1, -0.05) is 48.5 Å². The molecule has 4 heteroatoms. The van der Waals surface area contributed by atoms with Gasteiger partial charge in [0.2, 0.25) is 0 Å². The highest BCUT2D eigenvalue weighted by Crippen LogP contribution is 2.36. The summed E-state index contributed by atoms with van der Waals surface area (Å²) in [5.41, 5.74) is 7.73. The molecular formula is C22H19N3O. The minimum Gasteiger partial charge on any atom is -0.381 e. The molecule has 0 spiro atoms. The Morgan fingerprint density at radius 2 is 1.42 bits per heavy atom. The standard InChI is InChI=1S/C22H19N3O/c1-25(2)16-12-11-15(14-26)21(13-16)23-24-22-19-9-5-3-7-17(19)18-8-4-6-10-20(18)22/h3-12,14H,13H2,1-2H3. The number of nitrogens with zero attached hydrogens (tertiary/aromatic N) is 3. The fourth-order valence-corrected chi connectivity index (χ4v) is 3.33. The summed E-state index contributed by atoms with van der Waals surface area (Å²) in [7, 11) is 3.97. The third kappa shape index (κ3) is 2.69. The Balaban J connectivity index is 1.80. The topological polar surface area (TPSA) is 45.0 Å². The molecule has 0 fully saturated rings. The molecule has 2 aliphatic carbocycles. The molecule has 0 aromatic heterocycles. The second-order valence-electron chi connectivity index (χ2n) is 6.56. The third-order valence-corrected chi connectivity index (χ3v) is 4.76. The van der Waals surface area contributed by atoms with E-state index in [1.165, 1.54) is 11.1 Å². The Morgan fingerprint density at radius 3 is 1.96 bits per heavy atom. The zero-order chi connectivity index (χ0) is 18.1.